The van der Waals surface area contributed by atoms with Crippen molar-refractivity contribution >= 4 is 11.1 Å². The van der Waals surface area contributed by atoms with E-state index in [-0.39, 0.29) is 16.3 Å². The summed E-state index contributed by atoms with van der Waals surface area (Å²) < 4.78 is 25.7. The van der Waals surface area contributed by atoms with Gasteiger partial charge in [0.1, 0.15) is 11.6 Å². The lowest BCUT2D eigenvalue weighted by molar-refractivity contribution is 0.395. The van der Waals surface area contributed by atoms with E-state index in [4.69, 9.17) is 10.00 Å². The fraction of sp³-hybridized carbons (Fsp3) is 0.143. The molecule has 0 aromatic carbocycles. The van der Waals surface area contributed by atoms with Crippen LogP contribution in [0.25, 0.3) is 0 Å². The molecule has 0 fully saturated rings. The van der Waals surface area contributed by atoms with E-state index in [0.717, 1.165) is 6.20 Å². The van der Waals surface area contributed by atoms with E-state index in [1.807, 2.05) is 0 Å². The first-order chi connectivity index (χ1) is 6.19. The molecule has 68 valence electrons. The van der Waals surface area contributed by atoms with Crippen molar-refractivity contribution in [1.29, 1.82) is 5.26 Å². The first kappa shape index (κ1) is 9.64. The number of aromatic nitrogens is 1. The maximum Gasteiger partial charge on any atom is 0.231 e. The molecule has 1 atom stereocenters. The maximum atomic E-state index is 10.5. The fourth-order valence-corrected chi connectivity index (χ4v) is 1.12. The van der Waals surface area contributed by atoms with Crippen molar-refractivity contribution in [1.82, 2.24) is 4.98 Å². The van der Waals surface area contributed by atoms with E-state index in [9.17, 15) is 8.76 Å². The van der Waals surface area contributed by atoms with Crippen molar-refractivity contribution in [2.24, 2.45) is 0 Å². The van der Waals surface area contributed by atoms with Crippen LogP contribution in [-0.2, 0) is 11.1 Å². The molecule has 1 unspecified atom stereocenters. The summed E-state index contributed by atoms with van der Waals surface area (Å²) in [6.07, 6.45) is 1.13. The Hall–Kier alpha value is -1.45. The van der Waals surface area contributed by atoms with Crippen molar-refractivity contribution in [2.45, 2.75) is 4.90 Å². The number of hydrogen-bond donors (Lipinski definition) is 0. The average molecular weight is 197 g/mol. The Kier molecular flexibility index (Phi) is 2.95. The predicted octanol–water partition coefficient (Wildman–Crippen LogP) is 0.200. The first-order valence-electron chi connectivity index (χ1n) is 3.22. The number of nitrogens with zero attached hydrogens (tertiary/aromatic N) is 2. The summed E-state index contributed by atoms with van der Waals surface area (Å²) in [6, 6.07) is 2.98. The quantitative estimate of drug-likeness (QED) is 0.632. The van der Waals surface area contributed by atoms with E-state index >= 15 is 0 Å². The van der Waals surface area contributed by atoms with Crippen LogP contribution < -0.4 is 4.74 Å². The number of rotatable bonds is 2. The van der Waals surface area contributed by atoms with Gasteiger partial charge in [0, 0.05) is 11.1 Å². The predicted molar refractivity (Wildman–Crippen MR) is 42.7 cm³/mol. The molecule has 1 aromatic heterocycles. The van der Waals surface area contributed by atoms with Crippen molar-refractivity contribution in [3.8, 4) is 11.9 Å². The third kappa shape index (κ3) is 2.02. The van der Waals surface area contributed by atoms with Crippen LogP contribution in [0, 0.1) is 11.3 Å². The van der Waals surface area contributed by atoms with Gasteiger partial charge in [-0.25, -0.2) is 4.98 Å². The summed E-state index contributed by atoms with van der Waals surface area (Å²) in [5.74, 6) is 0.122. The molecule has 0 spiro atoms. The van der Waals surface area contributed by atoms with Crippen LogP contribution in [0.4, 0.5) is 0 Å². The molecular formula is C7H5N2O3S-. The molecule has 0 radical (unpaired) electrons. The highest BCUT2D eigenvalue weighted by atomic mass is 32.2. The second-order valence-corrected chi connectivity index (χ2v) is 3.02. The lowest BCUT2D eigenvalue weighted by atomic mass is 10.3. The maximum absolute atomic E-state index is 10.5. The van der Waals surface area contributed by atoms with Gasteiger partial charge in [0.2, 0.25) is 5.88 Å². The number of nitriles is 1. The topological polar surface area (TPSA) is 86.0 Å². The molecule has 5 nitrogen and oxygen atoms in total. The Morgan fingerprint density at radius 3 is 2.92 bits per heavy atom. The zero-order chi connectivity index (χ0) is 9.84. The minimum atomic E-state index is -2.37. The van der Waals surface area contributed by atoms with Crippen LogP contribution >= 0.6 is 0 Å². The highest BCUT2D eigenvalue weighted by Crippen LogP contribution is 2.16. The van der Waals surface area contributed by atoms with Crippen LogP contribution in [0.5, 0.6) is 5.88 Å². The molecular weight excluding hydrogens is 192 g/mol. The Morgan fingerprint density at radius 1 is 1.77 bits per heavy atom. The number of ether oxygens (including phenoxy) is 1. The molecule has 0 aliphatic rings. The fourth-order valence-electron chi connectivity index (χ4n) is 0.767. The van der Waals surface area contributed by atoms with Gasteiger partial charge in [-0.1, -0.05) is 0 Å². The van der Waals surface area contributed by atoms with Gasteiger partial charge in [-0.05, 0) is 17.1 Å². The SMILES string of the molecule is COc1ncc(S(=O)[O-])cc1C#N. The Labute approximate surface area is 77.3 Å². The molecule has 0 bridgehead atoms. The minimum Gasteiger partial charge on any atom is -0.768 e. The minimum absolute atomic E-state index is 0.0302. The standard InChI is InChI=1S/C7H6N2O3S/c1-12-7-5(3-8)2-6(4-9-7)13(10)11/h2,4H,1H3,(H,10,11)/p-1. The zero-order valence-corrected chi connectivity index (χ0v) is 7.50. The van der Waals surface area contributed by atoms with Crippen molar-refractivity contribution < 1.29 is 13.5 Å². The van der Waals surface area contributed by atoms with Crippen LogP contribution in [0.1, 0.15) is 5.56 Å². The Balaban J connectivity index is 3.23. The van der Waals surface area contributed by atoms with Gasteiger partial charge >= 0.3 is 0 Å². The second-order valence-electron chi connectivity index (χ2n) is 2.07. The van der Waals surface area contributed by atoms with Gasteiger partial charge < -0.3 is 9.29 Å². The van der Waals surface area contributed by atoms with Crippen molar-refractivity contribution in [3.05, 3.63) is 17.8 Å². The first-order valence-corrected chi connectivity index (χ1v) is 4.30. The van der Waals surface area contributed by atoms with E-state index in [1.165, 1.54) is 13.2 Å². The van der Waals surface area contributed by atoms with E-state index in [0.29, 0.717) is 0 Å². The summed E-state index contributed by atoms with van der Waals surface area (Å²) in [6.45, 7) is 0. The molecule has 13 heavy (non-hydrogen) atoms. The smallest absolute Gasteiger partial charge is 0.231 e. The average Bonchev–Trinajstić information content (AvgIpc) is 2.16. The number of hydrogen-bond acceptors (Lipinski definition) is 5. The van der Waals surface area contributed by atoms with Gasteiger partial charge in [-0.2, -0.15) is 5.26 Å². The molecule has 0 saturated heterocycles. The van der Waals surface area contributed by atoms with Gasteiger partial charge in [-0.3, -0.25) is 4.21 Å². The summed E-state index contributed by atoms with van der Waals surface area (Å²) in [7, 11) is 1.36. The molecule has 0 aliphatic heterocycles. The second kappa shape index (κ2) is 3.98. The summed E-state index contributed by atoms with van der Waals surface area (Å²) >= 11 is -2.37. The normalized spacial score (nSPS) is 11.8. The lowest BCUT2D eigenvalue weighted by Gasteiger charge is -2.06. The molecule has 1 rings (SSSR count). The molecule has 1 aromatic rings. The number of methoxy groups -OCH3 is 1. The van der Waals surface area contributed by atoms with Crippen molar-refractivity contribution in [3.63, 3.8) is 0 Å². The third-order valence-electron chi connectivity index (χ3n) is 1.33. The monoisotopic (exact) mass is 197 g/mol. The van der Waals surface area contributed by atoms with Crippen LogP contribution in [0.2, 0.25) is 0 Å². The number of pyridine rings is 1. The van der Waals surface area contributed by atoms with Gasteiger partial charge in [0.15, 0.2) is 0 Å². The summed E-state index contributed by atoms with van der Waals surface area (Å²) in [4.78, 5) is 3.62. The van der Waals surface area contributed by atoms with Crippen LogP contribution in [0.3, 0.4) is 0 Å². The Morgan fingerprint density at radius 2 is 2.46 bits per heavy atom. The Bertz CT molecular complexity index is 386. The largest absolute Gasteiger partial charge is 0.768 e. The van der Waals surface area contributed by atoms with Crippen LogP contribution in [-0.4, -0.2) is 20.9 Å². The van der Waals surface area contributed by atoms with Gasteiger partial charge in [-0.15, -0.1) is 0 Å². The summed E-state index contributed by atoms with van der Waals surface area (Å²) in [5, 5.41) is 8.58. The molecule has 0 saturated carbocycles. The molecule has 0 amide bonds. The van der Waals surface area contributed by atoms with Crippen LogP contribution in [0.15, 0.2) is 17.2 Å². The van der Waals surface area contributed by atoms with E-state index in [1.54, 1.807) is 6.07 Å². The molecule has 1 heterocycles. The van der Waals surface area contributed by atoms with E-state index in [2.05, 4.69) is 4.98 Å². The van der Waals surface area contributed by atoms with Crippen molar-refractivity contribution in [2.75, 3.05) is 7.11 Å². The van der Waals surface area contributed by atoms with E-state index < -0.39 is 11.1 Å². The highest BCUT2D eigenvalue weighted by Gasteiger charge is 2.04. The van der Waals surface area contributed by atoms with Gasteiger partial charge in [0.25, 0.3) is 0 Å². The summed E-state index contributed by atoms with van der Waals surface area (Å²) in [5.41, 5.74) is 0.101. The highest BCUT2D eigenvalue weighted by molar-refractivity contribution is 7.79. The van der Waals surface area contributed by atoms with Gasteiger partial charge in [0.05, 0.1) is 7.11 Å². The lowest BCUT2D eigenvalue weighted by Crippen LogP contribution is -1.96. The molecule has 6 heteroatoms. The zero-order valence-electron chi connectivity index (χ0n) is 6.68. The molecule has 0 N–H and O–H groups in total. The molecule has 0 aliphatic carbocycles. The third-order valence-corrected chi connectivity index (χ3v) is 1.94.